The summed E-state index contributed by atoms with van der Waals surface area (Å²) >= 11 is 0. The van der Waals surface area contributed by atoms with Crippen molar-refractivity contribution in [3.05, 3.63) is 59.7 Å². The maximum absolute atomic E-state index is 12.4. The van der Waals surface area contributed by atoms with Crippen molar-refractivity contribution < 1.29 is 9.59 Å². The third kappa shape index (κ3) is 4.42. The summed E-state index contributed by atoms with van der Waals surface area (Å²) in [6, 6.07) is 15.8. The van der Waals surface area contributed by atoms with E-state index in [1.165, 1.54) is 5.69 Å². The van der Waals surface area contributed by atoms with E-state index in [0.717, 1.165) is 30.8 Å². The van der Waals surface area contributed by atoms with Gasteiger partial charge in [-0.25, -0.2) is 0 Å². The van der Waals surface area contributed by atoms with Crippen LogP contribution in [-0.2, 0) is 11.2 Å². The highest BCUT2D eigenvalue weighted by Crippen LogP contribution is 2.23. The summed E-state index contributed by atoms with van der Waals surface area (Å²) in [5.74, 6) is -0.0268. The number of hydrogen-bond acceptors (Lipinski definition) is 3. The van der Waals surface area contributed by atoms with Gasteiger partial charge in [-0.1, -0.05) is 18.2 Å². The summed E-state index contributed by atoms with van der Waals surface area (Å²) in [4.78, 5) is 26.1. The van der Waals surface area contributed by atoms with Crippen LogP contribution in [0.5, 0.6) is 0 Å². The predicted molar refractivity (Wildman–Crippen MR) is 105 cm³/mol. The lowest BCUT2D eigenvalue weighted by Crippen LogP contribution is -2.30. The lowest BCUT2D eigenvalue weighted by molar-refractivity contribution is -0.116. The van der Waals surface area contributed by atoms with Crippen LogP contribution in [-0.4, -0.2) is 31.4 Å². The first-order valence-corrected chi connectivity index (χ1v) is 9.18. The van der Waals surface area contributed by atoms with Crippen LogP contribution in [0.4, 0.5) is 11.4 Å². The van der Waals surface area contributed by atoms with Gasteiger partial charge in [-0.15, -0.1) is 0 Å². The molecule has 0 spiro atoms. The number of anilines is 2. The molecule has 26 heavy (non-hydrogen) atoms. The molecule has 0 aromatic heterocycles. The van der Waals surface area contributed by atoms with Crippen molar-refractivity contribution in [2.45, 2.75) is 26.2 Å². The molecule has 2 N–H and O–H groups in total. The van der Waals surface area contributed by atoms with Crippen molar-refractivity contribution >= 4 is 23.2 Å². The summed E-state index contributed by atoms with van der Waals surface area (Å²) in [5.41, 5.74) is 3.70. The first-order chi connectivity index (χ1) is 12.7. The molecule has 1 aliphatic rings. The van der Waals surface area contributed by atoms with Gasteiger partial charge >= 0.3 is 0 Å². The Bertz CT molecular complexity index is 774. The lowest BCUT2D eigenvalue weighted by atomic mass is 10.00. The van der Waals surface area contributed by atoms with Gasteiger partial charge in [0.25, 0.3) is 5.91 Å². The number of rotatable bonds is 7. The molecule has 5 nitrogen and oxygen atoms in total. The third-order valence-electron chi connectivity index (χ3n) is 4.66. The van der Waals surface area contributed by atoms with Gasteiger partial charge in [0.2, 0.25) is 5.91 Å². The topological polar surface area (TPSA) is 61.4 Å². The normalized spacial score (nSPS) is 12.9. The van der Waals surface area contributed by atoms with E-state index in [9.17, 15) is 9.59 Å². The van der Waals surface area contributed by atoms with Crippen molar-refractivity contribution in [2.75, 3.05) is 29.9 Å². The van der Waals surface area contributed by atoms with Gasteiger partial charge in [0, 0.05) is 43.0 Å². The molecule has 1 aliphatic heterocycles. The summed E-state index contributed by atoms with van der Waals surface area (Å²) in [6.45, 7) is 4.61. The van der Waals surface area contributed by atoms with Gasteiger partial charge in [0.05, 0.1) is 0 Å². The van der Waals surface area contributed by atoms with E-state index < -0.39 is 0 Å². The number of amides is 2. The Morgan fingerprint density at radius 3 is 2.73 bits per heavy atom. The summed E-state index contributed by atoms with van der Waals surface area (Å²) in [7, 11) is 0. The highest BCUT2D eigenvalue weighted by atomic mass is 16.2. The molecule has 136 valence electrons. The van der Waals surface area contributed by atoms with E-state index in [-0.39, 0.29) is 11.8 Å². The van der Waals surface area contributed by atoms with E-state index >= 15 is 0 Å². The van der Waals surface area contributed by atoms with E-state index in [2.05, 4.69) is 34.6 Å². The fourth-order valence-corrected chi connectivity index (χ4v) is 3.21. The summed E-state index contributed by atoms with van der Waals surface area (Å²) in [5, 5.41) is 5.83. The van der Waals surface area contributed by atoms with E-state index in [0.29, 0.717) is 24.9 Å². The first-order valence-electron chi connectivity index (χ1n) is 9.18. The third-order valence-corrected chi connectivity index (χ3v) is 4.66. The molecule has 0 fully saturated rings. The Hall–Kier alpha value is -2.82. The molecule has 5 heteroatoms. The van der Waals surface area contributed by atoms with E-state index in [1.807, 2.05) is 30.3 Å². The Morgan fingerprint density at radius 1 is 1.15 bits per heavy atom. The number of hydrogen-bond donors (Lipinski definition) is 2. The smallest absolute Gasteiger partial charge is 0.251 e. The van der Waals surface area contributed by atoms with Gasteiger partial charge in [-0.2, -0.15) is 0 Å². The molecule has 2 aromatic rings. The molecule has 1 heterocycles. The number of fused-ring (bicyclic) bond motifs is 1. The van der Waals surface area contributed by atoms with Gasteiger partial charge in [0.1, 0.15) is 0 Å². The number of nitrogens with one attached hydrogen (secondary N) is 2. The van der Waals surface area contributed by atoms with Crippen molar-refractivity contribution in [3.63, 3.8) is 0 Å². The second kappa shape index (κ2) is 8.52. The minimum absolute atomic E-state index is 0.0357. The highest BCUT2D eigenvalue weighted by Gasteiger charge is 2.16. The molecular formula is C21H25N3O2. The molecular weight excluding hydrogens is 326 g/mol. The quantitative estimate of drug-likeness (QED) is 0.753. The number of nitrogens with zero attached hydrogens (tertiary/aromatic N) is 1. The molecule has 0 bridgehead atoms. The zero-order valence-electron chi connectivity index (χ0n) is 15.1. The highest BCUT2D eigenvalue weighted by molar-refractivity contribution is 5.97. The molecule has 0 radical (unpaired) electrons. The van der Waals surface area contributed by atoms with Crippen LogP contribution < -0.4 is 15.5 Å². The molecule has 0 aliphatic carbocycles. The first kappa shape index (κ1) is 18.0. The molecule has 0 saturated carbocycles. The van der Waals surface area contributed by atoms with Gasteiger partial charge in [0.15, 0.2) is 0 Å². The molecule has 2 amide bonds. The summed E-state index contributed by atoms with van der Waals surface area (Å²) in [6.07, 6.45) is 2.05. The van der Waals surface area contributed by atoms with E-state index in [4.69, 9.17) is 0 Å². The molecule has 0 atom stereocenters. The van der Waals surface area contributed by atoms with Crippen LogP contribution in [0.2, 0.25) is 0 Å². The molecule has 0 unspecified atom stereocenters. The van der Waals surface area contributed by atoms with Crippen molar-refractivity contribution in [1.82, 2.24) is 5.32 Å². The predicted octanol–water partition coefficient (Wildman–Crippen LogP) is 3.22. The van der Waals surface area contributed by atoms with Crippen LogP contribution in [0.1, 0.15) is 35.7 Å². The summed E-state index contributed by atoms with van der Waals surface area (Å²) < 4.78 is 0. The van der Waals surface area contributed by atoms with Crippen LogP contribution in [0.3, 0.4) is 0 Å². The number of carbonyl (C=O) groups excluding carboxylic acids is 2. The second-order valence-electron chi connectivity index (χ2n) is 6.44. The van der Waals surface area contributed by atoms with Crippen LogP contribution >= 0.6 is 0 Å². The van der Waals surface area contributed by atoms with Gasteiger partial charge in [-0.05, 0) is 55.7 Å². The Morgan fingerprint density at radius 2 is 1.96 bits per heavy atom. The minimum Gasteiger partial charge on any atom is -0.372 e. The molecule has 2 aromatic carbocycles. The van der Waals surface area contributed by atoms with Crippen LogP contribution in [0.25, 0.3) is 0 Å². The van der Waals surface area contributed by atoms with Crippen molar-refractivity contribution in [3.8, 4) is 0 Å². The fraction of sp³-hybridized carbons (Fsp3) is 0.333. The number of para-hydroxylation sites is 1. The van der Waals surface area contributed by atoms with Crippen molar-refractivity contribution in [2.24, 2.45) is 0 Å². The van der Waals surface area contributed by atoms with Crippen LogP contribution in [0.15, 0.2) is 48.5 Å². The van der Waals surface area contributed by atoms with E-state index in [1.54, 1.807) is 6.07 Å². The monoisotopic (exact) mass is 351 g/mol. The zero-order valence-corrected chi connectivity index (χ0v) is 15.1. The average Bonchev–Trinajstić information content (AvgIpc) is 2.68. The largest absolute Gasteiger partial charge is 0.372 e. The maximum atomic E-state index is 12.4. The Balaban J connectivity index is 1.49. The van der Waals surface area contributed by atoms with Gasteiger partial charge in [-0.3, -0.25) is 9.59 Å². The lowest BCUT2D eigenvalue weighted by Gasteiger charge is -2.23. The molecule has 0 saturated heterocycles. The van der Waals surface area contributed by atoms with Gasteiger partial charge < -0.3 is 15.5 Å². The zero-order chi connectivity index (χ0) is 18.4. The fourth-order valence-electron chi connectivity index (χ4n) is 3.21. The molecule has 3 rings (SSSR count). The minimum atomic E-state index is -0.0625. The standard InChI is InChI=1S/C21H25N3O2/c1-2-24(18-7-4-3-5-8-18)14-6-13-22-21(26)17-9-11-19-16(15-17)10-12-20(25)23-19/h3-5,7-9,11,15H,2,6,10,12-14H2,1H3,(H,22,26)(H,23,25). The maximum Gasteiger partial charge on any atom is 0.251 e. The number of aryl methyl sites for hydroxylation is 1. The van der Waals surface area contributed by atoms with Crippen LogP contribution in [0, 0.1) is 0 Å². The Labute approximate surface area is 154 Å². The Kier molecular flexibility index (Phi) is 5.89. The number of carbonyl (C=O) groups is 2. The average molecular weight is 351 g/mol. The SMILES string of the molecule is CCN(CCCNC(=O)c1ccc2c(c1)CCC(=O)N2)c1ccccc1. The van der Waals surface area contributed by atoms with Crippen molar-refractivity contribution in [1.29, 1.82) is 0 Å². The number of benzene rings is 2. The second-order valence-corrected chi connectivity index (χ2v) is 6.44.